The summed E-state index contributed by atoms with van der Waals surface area (Å²) in [6.45, 7) is -0.216. The zero-order valence-electron chi connectivity index (χ0n) is 10.4. The fourth-order valence-electron chi connectivity index (χ4n) is 2.46. The van der Waals surface area contributed by atoms with Crippen molar-refractivity contribution in [3.63, 3.8) is 0 Å². The number of alkyl halides is 3. The number of hydrogen-bond acceptors (Lipinski definition) is 2. The van der Waals surface area contributed by atoms with E-state index in [1.165, 1.54) is 4.90 Å². The summed E-state index contributed by atoms with van der Waals surface area (Å²) >= 11 is 5.96. The van der Waals surface area contributed by atoms with Crippen LogP contribution >= 0.6 is 11.6 Å². The molecule has 7 heteroatoms. The Hall–Kier alpha value is -1.27. The minimum Gasteiger partial charge on any atom is -0.481 e. The lowest BCUT2D eigenvalue weighted by Crippen LogP contribution is -2.33. The Kier molecular flexibility index (Phi) is 4.25. The number of likely N-dealkylation sites (tertiary alicyclic amines) is 1. The van der Waals surface area contributed by atoms with Crippen LogP contribution in [-0.4, -0.2) is 35.2 Å². The Morgan fingerprint density at radius 1 is 1.35 bits per heavy atom. The fraction of sp³-hybridized carbons (Fsp3) is 0.462. The minimum absolute atomic E-state index is 0.120. The summed E-state index contributed by atoms with van der Waals surface area (Å²) in [5.41, 5.74) is 0.695. The van der Waals surface area contributed by atoms with Crippen LogP contribution in [0.3, 0.4) is 0 Å². The average Bonchev–Trinajstić information content (AvgIpc) is 2.76. The zero-order chi connectivity index (χ0) is 14.9. The number of carboxylic acids is 1. The average molecular weight is 308 g/mol. The van der Waals surface area contributed by atoms with Gasteiger partial charge in [-0.3, -0.25) is 9.69 Å². The van der Waals surface area contributed by atoms with Gasteiger partial charge in [-0.25, -0.2) is 0 Å². The van der Waals surface area contributed by atoms with E-state index in [0.717, 1.165) is 0 Å². The molecule has 0 spiro atoms. The highest BCUT2D eigenvalue weighted by atomic mass is 35.5. The third-order valence-corrected chi connectivity index (χ3v) is 3.85. The van der Waals surface area contributed by atoms with Crippen molar-refractivity contribution < 1.29 is 23.1 Å². The number of benzene rings is 1. The number of carboxylic acid groups (broad SMARTS) is 1. The molecule has 1 saturated heterocycles. The van der Waals surface area contributed by atoms with Gasteiger partial charge in [-0.2, -0.15) is 13.2 Å². The van der Waals surface area contributed by atoms with Gasteiger partial charge in [0.2, 0.25) is 0 Å². The maximum absolute atomic E-state index is 12.8. The summed E-state index contributed by atoms with van der Waals surface area (Å²) in [5, 5.41) is 9.40. The highest BCUT2D eigenvalue weighted by Crippen LogP contribution is 2.38. The van der Waals surface area contributed by atoms with Crippen molar-refractivity contribution in [1.82, 2.24) is 4.90 Å². The molecule has 2 atom stereocenters. The molecule has 0 radical (unpaired) electrons. The lowest BCUT2D eigenvalue weighted by atomic mass is 9.96. The van der Waals surface area contributed by atoms with Crippen LogP contribution in [0.5, 0.6) is 0 Å². The number of carbonyl (C=O) groups is 1. The van der Waals surface area contributed by atoms with Crippen molar-refractivity contribution in [2.45, 2.75) is 12.7 Å². The molecular weight excluding hydrogens is 295 g/mol. The molecule has 3 nitrogen and oxygen atoms in total. The van der Waals surface area contributed by atoms with E-state index in [9.17, 15) is 18.0 Å². The van der Waals surface area contributed by atoms with Crippen LogP contribution in [0.15, 0.2) is 24.3 Å². The van der Waals surface area contributed by atoms with Crippen LogP contribution in [0.25, 0.3) is 0 Å². The van der Waals surface area contributed by atoms with Gasteiger partial charge in [-0.05, 0) is 11.6 Å². The van der Waals surface area contributed by atoms with Gasteiger partial charge >= 0.3 is 12.1 Å². The molecule has 1 heterocycles. The molecular formula is C13H13ClF3NO2. The number of halogens is 4. The standard InChI is InChI=1S/C13H13ClF3NO2/c14-11-4-2-1-3-8(11)5-18-6-9(12(19)20)10(7-18)13(15,16)17/h1-4,9-10H,5-7H2,(H,19,20)/t9-,10-/m1/s1. The summed E-state index contributed by atoms with van der Waals surface area (Å²) in [6, 6.07) is 6.85. The summed E-state index contributed by atoms with van der Waals surface area (Å²) in [7, 11) is 0. The third kappa shape index (κ3) is 3.24. The van der Waals surface area contributed by atoms with Crippen LogP contribution in [0.4, 0.5) is 13.2 Å². The second-order valence-electron chi connectivity index (χ2n) is 4.88. The fourth-order valence-corrected chi connectivity index (χ4v) is 2.66. The number of aliphatic carboxylic acids is 1. The number of nitrogens with zero attached hydrogens (tertiary/aromatic N) is 1. The van der Waals surface area contributed by atoms with E-state index in [2.05, 4.69) is 0 Å². The molecule has 1 aromatic rings. The Balaban J connectivity index is 2.13. The largest absolute Gasteiger partial charge is 0.481 e. The quantitative estimate of drug-likeness (QED) is 0.933. The van der Waals surface area contributed by atoms with Crippen molar-refractivity contribution >= 4 is 17.6 Å². The predicted molar refractivity (Wildman–Crippen MR) is 67.4 cm³/mol. The van der Waals surface area contributed by atoms with Crippen molar-refractivity contribution in [2.75, 3.05) is 13.1 Å². The van der Waals surface area contributed by atoms with Gasteiger partial charge in [-0.1, -0.05) is 29.8 Å². The smallest absolute Gasteiger partial charge is 0.393 e. The van der Waals surface area contributed by atoms with Gasteiger partial charge in [0, 0.05) is 24.7 Å². The highest BCUT2D eigenvalue weighted by Gasteiger charge is 2.52. The molecule has 0 unspecified atom stereocenters. The van der Waals surface area contributed by atoms with Crippen molar-refractivity contribution in [1.29, 1.82) is 0 Å². The summed E-state index contributed by atoms with van der Waals surface area (Å²) in [5.74, 6) is -4.66. The third-order valence-electron chi connectivity index (χ3n) is 3.48. The zero-order valence-corrected chi connectivity index (χ0v) is 11.2. The van der Waals surface area contributed by atoms with E-state index in [0.29, 0.717) is 10.6 Å². The van der Waals surface area contributed by atoms with Crippen LogP contribution in [0, 0.1) is 11.8 Å². The maximum atomic E-state index is 12.8. The number of rotatable bonds is 3. The van der Waals surface area contributed by atoms with Crippen LogP contribution in [0.2, 0.25) is 5.02 Å². The molecule has 1 N–H and O–H groups in total. The Morgan fingerprint density at radius 2 is 2.00 bits per heavy atom. The van der Waals surface area contributed by atoms with Crippen molar-refractivity contribution in [3.05, 3.63) is 34.9 Å². The molecule has 1 aliphatic heterocycles. The highest BCUT2D eigenvalue weighted by molar-refractivity contribution is 6.31. The van der Waals surface area contributed by atoms with Gasteiger partial charge in [0.15, 0.2) is 0 Å². The molecule has 20 heavy (non-hydrogen) atoms. The Morgan fingerprint density at radius 3 is 2.50 bits per heavy atom. The maximum Gasteiger partial charge on any atom is 0.393 e. The molecule has 0 aliphatic carbocycles. The molecule has 1 fully saturated rings. The van der Waals surface area contributed by atoms with E-state index in [1.54, 1.807) is 24.3 Å². The monoisotopic (exact) mass is 307 g/mol. The summed E-state index contributed by atoms with van der Waals surface area (Å²) < 4.78 is 38.5. The van der Waals surface area contributed by atoms with E-state index in [-0.39, 0.29) is 19.6 Å². The van der Waals surface area contributed by atoms with Crippen LogP contribution in [0.1, 0.15) is 5.56 Å². The molecule has 1 aliphatic rings. The van der Waals surface area contributed by atoms with Gasteiger partial charge in [0.1, 0.15) is 0 Å². The Bertz CT molecular complexity index is 507. The van der Waals surface area contributed by atoms with Crippen LogP contribution < -0.4 is 0 Å². The second kappa shape index (κ2) is 5.61. The Labute approximate surface area is 118 Å². The minimum atomic E-state index is -4.50. The first-order valence-corrected chi connectivity index (χ1v) is 6.42. The predicted octanol–water partition coefficient (Wildman–Crippen LogP) is 3.03. The van der Waals surface area contributed by atoms with Gasteiger partial charge in [0.25, 0.3) is 0 Å². The van der Waals surface area contributed by atoms with E-state index < -0.39 is 24.0 Å². The second-order valence-corrected chi connectivity index (χ2v) is 5.29. The normalized spacial score (nSPS) is 24.0. The molecule has 0 amide bonds. The number of hydrogen-bond donors (Lipinski definition) is 1. The van der Waals surface area contributed by atoms with Gasteiger partial charge in [0.05, 0.1) is 11.8 Å². The molecule has 1 aromatic carbocycles. The van der Waals surface area contributed by atoms with Gasteiger partial charge in [-0.15, -0.1) is 0 Å². The first-order chi connectivity index (χ1) is 9.29. The lowest BCUT2D eigenvalue weighted by Gasteiger charge is -2.18. The topological polar surface area (TPSA) is 40.5 Å². The van der Waals surface area contributed by atoms with Crippen LogP contribution in [-0.2, 0) is 11.3 Å². The molecule has 2 rings (SSSR count). The first kappa shape index (κ1) is 15.1. The summed E-state index contributed by atoms with van der Waals surface area (Å²) in [4.78, 5) is 12.5. The molecule has 0 aromatic heterocycles. The molecule has 110 valence electrons. The van der Waals surface area contributed by atoms with Gasteiger partial charge < -0.3 is 5.11 Å². The van der Waals surface area contributed by atoms with E-state index >= 15 is 0 Å². The summed E-state index contributed by atoms with van der Waals surface area (Å²) in [6.07, 6.45) is -4.50. The van der Waals surface area contributed by atoms with E-state index in [4.69, 9.17) is 16.7 Å². The van der Waals surface area contributed by atoms with Crippen molar-refractivity contribution in [3.8, 4) is 0 Å². The molecule has 0 saturated carbocycles. The lowest BCUT2D eigenvalue weighted by molar-refractivity contribution is -0.188. The van der Waals surface area contributed by atoms with E-state index in [1.807, 2.05) is 0 Å². The SMILES string of the molecule is O=C(O)[C@@H]1CN(Cc2ccccc2Cl)C[C@H]1C(F)(F)F. The van der Waals surface area contributed by atoms with Crippen molar-refractivity contribution in [2.24, 2.45) is 11.8 Å². The first-order valence-electron chi connectivity index (χ1n) is 6.04. The molecule has 0 bridgehead atoms.